The Balaban J connectivity index is 1.61. The van der Waals surface area contributed by atoms with E-state index in [4.69, 9.17) is 8.83 Å². The molecule has 1 aromatic carbocycles. The third-order valence-corrected chi connectivity index (χ3v) is 4.24. The molecule has 0 aliphatic carbocycles. The first-order valence-corrected chi connectivity index (χ1v) is 8.48. The Kier molecular flexibility index (Phi) is 4.57. The summed E-state index contributed by atoms with van der Waals surface area (Å²) in [6.07, 6.45) is 4.96. The molecular formula is C20H17N3O4. The van der Waals surface area contributed by atoms with Crippen molar-refractivity contribution in [1.82, 2.24) is 14.5 Å². The van der Waals surface area contributed by atoms with Gasteiger partial charge in [0.25, 0.3) is 0 Å². The van der Waals surface area contributed by atoms with E-state index in [1.54, 1.807) is 53.9 Å². The maximum atomic E-state index is 13.0. The number of amides is 1. The maximum Gasteiger partial charge on any atom is 0.420 e. The summed E-state index contributed by atoms with van der Waals surface area (Å²) in [7, 11) is 0. The van der Waals surface area contributed by atoms with Crippen molar-refractivity contribution in [2.75, 3.05) is 0 Å². The van der Waals surface area contributed by atoms with E-state index in [9.17, 15) is 9.59 Å². The van der Waals surface area contributed by atoms with Crippen LogP contribution in [0.3, 0.4) is 0 Å². The van der Waals surface area contributed by atoms with Crippen LogP contribution in [0.25, 0.3) is 11.1 Å². The van der Waals surface area contributed by atoms with E-state index in [1.165, 1.54) is 4.57 Å². The Bertz CT molecular complexity index is 1100. The van der Waals surface area contributed by atoms with Crippen molar-refractivity contribution in [3.05, 3.63) is 89.1 Å². The molecule has 0 radical (unpaired) electrons. The van der Waals surface area contributed by atoms with Gasteiger partial charge in [-0.05, 0) is 35.9 Å². The molecule has 0 atom stereocenters. The fourth-order valence-corrected chi connectivity index (χ4v) is 2.93. The molecular weight excluding hydrogens is 346 g/mol. The Morgan fingerprint density at radius 2 is 1.96 bits per heavy atom. The molecule has 3 heterocycles. The van der Waals surface area contributed by atoms with E-state index < -0.39 is 5.76 Å². The van der Waals surface area contributed by atoms with Crippen molar-refractivity contribution in [3.8, 4) is 0 Å². The maximum absolute atomic E-state index is 13.0. The molecule has 0 fully saturated rings. The predicted octanol–water partition coefficient (Wildman–Crippen LogP) is 2.81. The topological polar surface area (TPSA) is 81.5 Å². The van der Waals surface area contributed by atoms with Crippen molar-refractivity contribution < 1.29 is 13.6 Å². The number of aromatic nitrogens is 2. The number of hydrogen-bond acceptors (Lipinski definition) is 5. The first kappa shape index (κ1) is 16.8. The van der Waals surface area contributed by atoms with Gasteiger partial charge >= 0.3 is 5.76 Å². The normalized spacial score (nSPS) is 11.0. The zero-order valence-electron chi connectivity index (χ0n) is 14.4. The summed E-state index contributed by atoms with van der Waals surface area (Å²) in [5.41, 5.74) is 1.94. The van der Waals surface area contributed by atoms with Gasteiger partial charge in [-0.25, -0.2) is 4.79 Å². The number of carbonyl (C=O) groups excluding carboxylic acids is 1. The lowest BCUT2D eigenvalue weighted by molar-refractivity contribution is -0.133. The zero-order chi connectivity index (χ0) is 18.6. The average Bonchev–Trinajstić information content (AvgIpc) is 3.30. The van der Waals surface area contributed by atoms with Crippen LogP contribution in [0.2, 0.25) is 0 Å². The van der Waals surface area contributed by atoms with Crippen LogP contribution in [0.1, 0.15) is 11.3 Å². The second-order valence-electron chi connectivity index (χ2n) is 6.11. The molecule has 7 heteroatoms. The van der Waals surface area contributed by atoms with Gasteiger partial charge in [-0.1, -0.05) is 18.2 Å². The largest absolute Gasteiger partial charge is 0.467 e. The highest BCUT2D eigenvalue weighted by Gasteiger charge is 2.19. The van der Waals surface area contributed by atoms with E-state index in [2.05, 4.69) is 4.98 Å². The minimum Gasteiger partial charge on any atom is -0.467 e. The lowest BCUT2D eigenvalue weighted by Crippen LogP contribution is -2.34. The molecule has 0 spiro atoms. The van der Waals surface area contributed by atoms with Crippen molar-refractivity contribution >= 4 is 17.0 Å². The summed E-state index contributed by atoms with van der Waals surface area (Å²) < 4.78 is 11.9. The van der Waals surface area contributed by atoms with E-state index in [0.717, 1.165) is 5.56 Å². The molecule has 0 aliphatic rings. The summed E-state index contributed by atoms with van der Waals surface area (Å²) in [5, 5.41) is 0. The van der Waals surface area contributed by atoms with Crippen LogP contribution in [-0.4, -0.2) is 20.4 Å². The molecule has 136 valence electrons. The molecule has 7 nitrogen and oxygen atoms in total. The van der Waals surface area contributed by atoms with Crippen LogP contribution < -0.4 is 5.76 Å². The number of rotatable bonds is 6. The Hall–Kier alpha value is -3.61. The van der Waals surface area contributed by atoms with Gasteiger partial charge in [0.05, 0.1) is 18.3 Å². The van der Waals surface area contributed by atoms with Crippen molar-refractivity contribution in [3.63, 3.8) is 0 Å². The fourth-order valence-electron chi connectivity index (χ4n) is 2.93. The Labute approximate surface area is 154 Å². The standard InChI is InChI=1S/C20H17N3O4/c24-19(14-23-17-7-1-2-8-18(17)27-20(23)25)22(13-16-6-4-10-26-16)12-15-5-3-9-21-11-15/h1-11H,12-14H2. The fraction of sp³-hybridized carbons (Fsp3) is 0.150. The minimum absolute atomic E-state index is 0.114. The molecule has 4 aromatic rings. The number of fused-ring (bicyclic) bond motifs is 1. The highest BCUT2D eigenvalue weighted by Crippen LogP contribution is 2.14. The molecule has 1 amide bonds. The van der Waals surface area contributed by atoms with Gasteiger partial charge < -0.3 is 13.7 Å². The van der Waals surface area contributed by atoms with Gasteiger partial charge in [-0.3, -0.25) is 14.3 Å². The van der Waals surface area contributed by atoms with Crippen molar-refractivity contribution in [2.24, 2.45) is 0 Å². The number of furan rings is 1. The first-order chi connectivity index (χ1) is 13.2. The second kappa shape index (κ2) is 7.33. The number of carbonyl (C=O) groups is 1. The Morgan fingerprint density at radius 3 is 2.74 bits per heavy atom. The molecule has 0 saturated heterocycles. The van der Waals surface area contributed by atoms with E-state index in [-0.39, 0.29) is 12.5 Å². The molecule has 4 rings (SSSR count). The molecule has 0 aliphatic heterocycles. The molecule has 0 unspecified atom stereocenters. The third-order valence-electron chi connectivity index (χ3n) is 4.24. The summed E-state index contributed by atoms with van der Waals surface area (Å²) in [6, 6.07) is 14.3. The number of pyridine rings is 1. The van der Waals surface area contributed by atoms with Crippen LogP contribution in [0.4, 0.5) is 0 Å². The summed E-state index contributed by atoms with van der Waals surface area (Å²) >= 11 is 0. The van der Waals surface area contributed by atoms with Crippen molar-refractivity contribution in [1.29, 1.82) is 0 Å². The van der Waals surface area contributed by atoms with Crippen LogP contribution in [0.5, 0.6) is 0 Å². The average molecular weight is 363 g/mol. The van der Waals surface area contributed by atoms with Crippen LogP contribution in [0, 0.1) is 0 Å². The van der Waals surface area contributed by atoms with Gasteiger partial charge in [0.2, 0.25) is 5.91 Å². The molecule has 3 aromatic heterocycles. The second-order valence-corrected chi connectivity index (χ2v) is 6.11. The first-order valence-electron chi connectivity index (χ1n) is 8.48. The van der Waals surface area contributed by atoms with Gasteiger partial charge in [-0.15, -0.1) is 0 Å². The zero-order valence-corrected chi connectivity index (χ0v) is 14.4. The summed E-state index contributed by atoms with van der Waals surface area (Å²) in [4.78, 5) is 30.9. The van der Waals surface area contributed by atoms with Gasteiger partial charge in [0, 0.05) is 18.9 Å². The highest BCUT2D eigenvalue weighted by atomic mass is 16.4. The van der Waals surface area contributed by atoms with Crippen LogP contribution >= 0.6 is 0 Å². The minimum atomic E-state index is -0.552. The molecule has 27 heavy (non-hydrogen) atoms. The van der Waals surface area contributed by atoms with Gasteiger partial charge in [-0.2, -0.15) is 0 Å². The van der Waals surface area contributed by atoms with Crippen LogP contribution in [0.15, 0.2) is 80.8 Å². The molecule has 0 N–H and O–H groups in total. The lowest BCUT2D eigenvalue weighted by Gasteiger charge is -2.22. The lowest BCUT2D eigenvalue weighted by atomic mass is 10.2. The van der Waals surface area contributed by atoms with E-state index in [0.29, 0.717) is 29.9 Å². The van der Waals surface area contributed by atoms with E-state index in [1.807, 2.05) is 18.2 Å². The van der Waals surface area contributed by atoms with Gasteiger partial charge in [0.15, 0.2) is 5.58 Å². The number of oxazole rings is 1. The summed E-state index contributed by atoms with van der Waals surface area (Å²) in [5.74, 6) is -0.107. The van der Waals surface area contributed by atoms with Gasteiger partial charge in [0.1, 0.15) is 12.3 Å². The summed E-state index contributed by atoms with van der Waals surface area (Å²) in [6.45, 7) is 0.542. The third kappa shape index (κ3) is 3.67. The van der Waals surface area contributed by atoms with Crippen LogP contribution in [-0.2, 0) is 24.4 Å². The molecule has 0 bridgehead atoms. The quantitative estimate of drug-likeness (QED) is 0.526. The number of benzene rings is 1. The number of para-hydroxylation sites is 2. The highest BCUT2D eigenvalue weighted by molar-refractivity contribution is 5.79. The Morgan fingerprint density at radius 1 is 1.07 bits per heavy atom. The molecule has 0 saturated carbocycles. The number of nitrogens with zero attached hydrogens (tertiary/aromatic N) is 3. The number of hydrogen-bond donors (Lipinski definition) is 0. The van der Waals surface area contributed by atoms with Crippen molar-refractivity contribution in [2.45, 2.75) is 19.6 Å². The van der Waals surface area contributed by atoms with E-state index >= 15 is 0 Å². The predicted molar refractivity (Wildman–Crippen MR) is 97.7 cm³/mol. The SMILES string of the molecule is O=C(Cn1c(=O)oc2ccccc21)N(Cc1cccnc1)Cc1ccco1. The monoisotopic (exact) mass is 363 g/mol. The smallest absolute Gasteiger partial charge is 0.420 e.